The molecule has 0 aromatic carbocycles. The van der Waals surface area contributed by atoms with Crippen molar-refractivity contribution >= 4 is 14.1 Å². The van der Waals surface area contributed by atoms with Gasteiger partial charge < -0.3 is 4.90 Å². The lowest BCUT2D eigenvalue weighted by atomic mass is 10.3. The van der Waals surface area contributed by atoms with Gasteiger partial charge in [0.25, 0.3) is 14.1 Å². The van der Waals surface area contributed by atoms with Crippen LogP contribution in [0.3, 0.4) is 0 Å². The molecule has 0 aromatic heterocycles. The Morgan fingerprint density at radius 3 is 2.27 bits per heavy atom. The van der Waals surface area contributed by atoms with E-state index in [-0.39, 0.29) is 14.1 Å². The summed E-state index contributed by atoms with van der Waals surface area (Å²) in [5.74, 6) is 0. The molecule has 0 aromatic rings. The van der Waals surface area contributed by atoms with Gasteiger partial charge in [0.05, 0.1) is 0 Å². The Kier molecular flexibility index (Phi) is 4.52. The van der Waals surface area contributed by atoms with Crippen LogP contribution < -0.4 is 0 Å². The first-order valence-corrected chi connectivity index (χ1v) is 7.38. The van der Waals surface area contributed by atoms with Gasteiger partial charge in [0.2, 0.25) is 0 Å². The van der Waals surface area contributed by atoms with Gasteiger partial charge in [0.1, 0.15) is 0 Å². The van der Waals surface area contributed by atoms with Gasteiger partial charge in [-0.05, 0) is 20.6 Å². The molecule has 64 valence electrons. The molecule has 1 aliphatic heterocycles. The van der Waals surface area contributed by atoms with Crippen molar-refractivity contribution < 1.29 is 0 Å². The van der Waals surface area contributed by atoms with Crippen molar-refractivity contribution in [1.82, 2.24) is 4.90 Å². The Morgan fingerprint density at radius 2 is 1.73 bits per heavy atom. The van der Waals surface area contributed by atoms with Crippen molar-refractivity contribution in [3.05, 3.63) is 0 Å². The van der Waals surface area contributed by atoms with Gasteiger partial charge in [-0.25, -0.2) is 0 Å². The average Bonchev–Trinajstić information content (AvgIpc) is 2.03. The molecule has 0 N–H and O–H groups in total. The predicted molar refractivity (Wildman–Crippen MR) is 52.6 cm³/mol. The third-order valence-electron chi connectivity index (χ3n) is 2.71. The first-order valence-electron chi connectivity index (χ1n) is 4.94. The summed E-state index contributed by atoms with van der Waals surface area (Å²) in [6.07, 6.45) is 4.61. The summed E-state index contributed by atoms with van der Waals surface area (Å²) in [4.78, 5) is 2.33. The molecular weight excluding hydrogens is 149 g/mol. The van der Waals surface area contributed by atoms with E-state index < -0.39 is 0 Å². The molecule has 2 heteroatoms. The van der Waals surface area contributed by atoms with Gasteiger partial charge in [0.15, 0.2) is 0 Å². The zero-order valence-electron chi connectivity index (χ0n) is 7.97. The van der Waals surface area contributed by atoms with E-state index in [4.69, 9.17) is 0 Å². The normalized spacial score (nSPS) is 19.4. The topological polar surface area (TPSA) is 3.24 Å². The molecule has 1 nitrogen and oxygen atoms in total. The van der Waals surface area contributed by atoms with Crippen LogP contribution in [0.1, 0.15) is 19.3 Å². The Balaban J connectivity index is 2.05. The summed E-state index contributed by atoms with van der Waals surface area (Å²) in [7, 11) is 4.38. The fraction of sp³-hybridized carbons (Fsp3) is 1.00. The molecule has 0 atom stereocenters. The average molecular weight is 169 g/mol. The van der Waals surface area contributed by atoms with Crippen molar-refractivity contribution in [3.63, 3.8) is 0 Å². The van der Waals surface area contributed by atoms with Crippen LogP contribution in [0.25, 0.3) is 0 Å². The lowest BCUT2D eigenvalue weighted by Gasteiger charge is -2.18. The van der Waals surface area contributed by atoms with E-state index >= 15 is 0 Å². The molecule has 1 fully saturated rings. The zero-order valence-corrected chi connectivity index (χ0v) is 9.13. The second-order valence-corrected chi connectivity index (χ2v) is 7.56. The Hall–Kier alpha value is 0.492. The Morgan fingerprint density at radius 1 is 1.09 bits per heavy atom. The van der Waals surface area contributed by atoms with E-state index in [9.17, 15) is 0 Å². The third kappa shape index (κ3) is 4.16. The highest BCUT2D eigenvalue weighted by Gasteiger charge is 2.19. The number of rotatable bonds is 3. The van der Waals surface area contributed by atoms with Gasteiger partial charge in [-0.15, -0.1) is 0 Å². The van der Waals surface area contributed by atoms with Crippen LogP contribution in [0, 0.1) is 0 Å². The number of hydrogen-bond donors (Lipinski definition) is 0. The molecule has 11 heavy (non-hydrogen) atoms. The van der Waals surface area contributed by atoms with Crippen LogP contribution >= 0.6 is 0 Å². The molecule has 1 heterocycles. The summed E-state index contributed by atoms with van der Waals surface area (Å²) in [6, 6.07) is 0. The molecule has 0 spiro atoms. The van der Waals surface area contributed by atoms with Crippen molar-refractivity contribution in [2.45, 2.75) is 35.1 Å². The van der Waals surface area contributed by atoms with E-state index in [1.54, 1.807) is 28.7 Å². The van der Waals surface area contributed by atoms with Crippen molar-refractivity contribution in [1.29, 1.82) is 0 Å². The van der Waals surface area contributed by atoms with Crippen LogP contribution in [-0.4, -0.2) is 39.7 Å². The molecule has 0 amide bonds. The molecule has 0 radical (unpaired) electrons. The standard InChI is InChI=1S/C5H10.C4H10N.Al/c1-3-5-4-2;1-4-5(2)3;/h1-5H2;1,4H2,2-3H3;. The quantitative estimate of drug-likeness (QED) is 0.585. The maximum Gasteiger partial charge on any atom is 0.263 e. The maximum absolute atomic E-state index is 2.33. The monoisotopic (exact) mass is 169 g/mol. The maximum atomic E-state index is 2.33. The lowest BCUT2D eigenvalue weighted by molar-refractivity contribution is 0.431. The molecule has 1 saturated heterocycles. The lowest BCUT2D eigenvalue weighted by Crippen LogP contribution is -2.23. The number of hydrogen-bond acceptors (Lipinski definition) is 1. The second kappa shape index (κ2) is 5.19. The predicted octanol–water partition coefficient (Wildman–Crippen LogP) is 2.23. The number of nitrogens with zero attached hydrogens (tertiary/aromatic N) is 1. The van der Waals surface area contributed by atoms with Crippen molar-refractivity contribution in [2.24, 2.45) is 0 Å². The van der Waals surface area contributed by atoms with Crippen LogP contribution in [0.4, 0.5) is 0 Å². The van der Waals surface area contributed by atoms with E-state index in [0.29, 0.717) is 0 Å². The summed E-state index contributed by atoms with van der Waals surface area (Å²) in [5.41, 5.74) is 0. The largest absolute Gasteiger partial charge is 0.311 e. The molecule has 0 unspecified atom stereocenters. The first kappa shape index (κ1) is 9.58. The van der Waals surface area contributed by atoms with Crippen molar-refractivity contribution in [2.75, 3.05) is 20.6 Å². The van der Waals surface area contributed by atoms with E-state index in [2.05, 4.69) is 19.0 Å². The zero-order chi connectivity index (χ0) is 8.10. The van der Waals surface area contributed by atoms with E-state index in [0.717, 1.165) is 0 Å². The minimum absolute atomic E-state index is 0.224. The first-order chi connectivity index (χ1) is 5.29. The van der Waals surface area contributed by atoms with Gasteiger partial charge in [-0.1, -0.05) is 35.1 Å². The summed E-state index contributed by atoms with van der Waals surface area (Å²) < 4.78 is 0. The third-order valence-corrected chi connectivity index (χ3v) is 6.23. The molecule has 1 rings (SSSR count). The highest BCUT2D eigenvalue weighted by atomic mass is 27.2. The van der Waals surface area contributed by atoms with Crippen LogP contribution in [0.2, 0.25) is 15.8 Å². The smallest absolute Gasteiger partial charge is 0.263 e. The van der Waals surface area contributed by atoms with Crippen LogP contribution in [0.5, 0.6) is 0 Å². The fourth-order valence-electron chi connectivity index (χ4n) is 1.92. The van der Waals surface area contributed by atoms with Crippen molar-refractivity contribution in [3.8, 4) is 0 Å². The molecule has 0 saturated carbocycles. The van der Waals surface area contributed by atoms with E-state index in [1.807, 2.05) is 0 Å². The fourth-order valence-corrected chi connectivity index (χ4v) is 5.40. The molecule has 0 aliphatic carbocycles. The van der Waals surface area contributed by atoms with Gasteiger partial charge in [-0.2, -0.15) is 0 Å². The van der Waals surface area contributed by atoms with Crippen LogP contribution in [-0.2, 0) is 0 Å². The molecule has 0 bridgehead atoms. The summed E-state index contributed by atoms with van der Waals surface area (Å²) in [5, 5.41) is 4.83. The SMILES string of the molecule is CN(C)C[CH2][Al]1[CH2]CCC[CH2]1. The summed E-state index contributed by atoms with van der Waals surface area (Å²) in [6.45, 7) is 1.34. The minimum Gasteiger partial charge on any atom is -0.311 e. The summed E-state index contributed by atoms with van der Waals surface area (Å²) >= 11 is -0.224. The van der Waals surface area contributed by atoms with Gasteiger partial charge in [-0.3, -0.25) is 0 Å². The molecular formula is C9H20AlN. The minimum atomic E-state index is -0.224. The highest BCUT2D eigenvalue weighted by molar-refractivity contribution is 6.59. The van der Waals surface area contributed by atoms with Gasteiger partial charge >= 0.3 is 0 Å². The molecule has 1 aliphatic rings. The van der Waals surface area contributed by atoms with Gasteiger partial charge in [0, 0.05) is 0 Å². The highest BCUT2D eigenvalue weighted by Crippen LogP contribution is 2.21. The van der Waals surface area contributed by atoms with Crippen LogP contribution in [0.15, 0.2) is 0 Å². The second-order valence-electron chi connectivity index (χ2n) is 4.10. The Labute approximate surface area is 75.2 Å². The van der Waals surface area contributed by atoms with E-state index in [1.165, 1.54) is 13.0 Å². The Bertz CT molecular complexity index is 97.7.